The van der Waals surface area contributed by atoms with Crippen LogP contribution in [0.25, 0.3) is 0 Å². The van der Waals surface area contributed by atoms with Gasteiger partial charge in [0.05, 0.1) is 23.9 Å². The Kier molecular flexibility index (Phi) is 7.36. The highest BCUT2D eigenvalue weighted by Gasteiger charge is 2.18. The Morgan fingerprint density at radius 2 is 1.44 bits per heavy atom. The molecule has 0 saturated carbocycles. The molecular weight excluding hydrogens is 458 g/mol. The molecule has 0 saturated heterocycles. The predicted molar refractivity (Wildman–Crippen MR) is 136 cm³/mol. The second kappa shape index (κ2) is 11.0. The van der Waals surface area contributed by atoms with Crippen molar-refractivity contribution < 1.29 is 23.9 Å². The molecule has 2 N–H and O–H groups in total. The van der Waals surface area contributed by atoms with Crippen LogP contribution in [0.4, 0.5) is 11.4 Å². The van der Waals surface area contributed by atoms with E-state index in [2.05, 4.69) is 15.6 Å². The Bertz CT molecular complexity index is 1400. The van der Waals surface area contributed by atoms with Crippen molar-refractivity contribution in [2.75, 3.05) is 17.7 Å². The average molecular weight is 482 g/mol. The van der Waals surface area contributed by atoms with E-state index in [4.69, 9.17) is 9.47 Å². The third-order valence-corrected chi connectivity index (χ3v) is 5.35. The van der Waals surface area contributed by atoms with Gasteiger partial charge in [0.15, 0.2) is 0 Å². The number of para-hydroxylation sites is 2. The highest BCUT2D eigenvalue weighted by molar-refractivity contribution is 6.09. The Balaban J connectivity index is 1.46. The SMILES string of the molecule is COc1ccccc1C(=O)Nc1ccc(OC(=O)c2cccc(C)c2NC(=O)c2ccncc2)cc1. The summed E-state index contributed by atoms with van der Waals surface area (Å²) in [6.07, 6.45) is 3.04. The largest absolute Gasteiger partial charge is 0.496 e. The molecule has 0 aliphatic carbocycles. The highest BCUT2D eigenvalue weighted by atomic mass is 16.5. The maximum atomic E-state index is 13.0. The molecule has 8 nitrogen and oxygen atoms in total. The van der Waals surface area contributed by atoms with Gasteiger partial charge in [-0.25, -0.2) is 4.79 Å². The van der Waals surface area contributed by atoms with Gasteiger partial charge in [-0.2, -0.15) is 0 Å². The fraction of sp³-hybridized carbons (Fsp3) is 0.0714. The molecule has 4 aromatic rings. The standard InChI is InChI=1S/C28H23N3O5/c1-18-6-5-8-23(25(18)31-26(32)19-14-16-29-17-15-19)28(34)36-21-12-10-20(11-13-21)30-27(33)22-7-3-4-9-24(22)35-2/h3-17H,1-2H3,(H,30,33)(H,31,32). The quantitative estimate of drug-likeness (QED) is 0.280. The second-order valence-corrected chi connectivity index (χ2v) is 7.76. The third-order valence-electron chi connectivity index (χ3n) is 5.35. The molecule has 0 spiro atoms. The second-order valence-electron chi connectivity index (χ2n) is 7.76. The number of carbonyl (C=O) groups is 3. The normalized spacial score (nSPS) is 10.3. The lowest BCUT2D eigenvalue weighted by Gasteiger charge is -2.14. The monoisotopic (exact) mass is 481 g/mol. The van der Waals surface area contributed by atoms with Crippen LogP contribution in [0.5, 0.6) is 11.5 Å². The molecule has 0 radical (unpaired) electrons. The molecule has 0 atom stereocenters. The van der Waals surface area contributed by atoms with Crippen LogP contribution in [-0.4, -0.2) is 29.9 Å². The minimum Gasteiger partial charge on any atom is -0.496 e. The van der Waals surface area contributed by atoms with Crippen molar-refractivity contribution in [2.45, 2.75) is 6.92 Å². The fourth-order valence-electron chi connectivity index (χ4n) is 3.49. The van der Waals surface area contributed by atoms with E-state index in [0.29, 0.717) is 33.8 Å². The van der Waals surface area contributed by atoms with Crippen LogP contribution in [0.3, 0.4) is 0 Å². The molecule has 0 unspecified atom stereocenters. The number of rotatable bonds is 7. The van der Waals surface area contributed by atoms with Gasteiger partial charge in [-0.05, 0) is 67.1 Å². The van der Waals surface area contributed by atoms with Crippen molar-refractivity contribution in [1.82, 2.24) is 4.98 Å². The number of aromatic nitrogens is 1. The summed E-state index contributed by atoms with van der Waals surface area (Å²) in [5, 5.41) is 5.58. The first kappa shape index (κ1) is 24.2. The first-order valence-corrected chi connectivity index (χ1v) is 11.0. The molecule has 1 aromatic heterocycles. The Morgan fingerprint density at radius 1 is 0.750 bits per heavy atom. The number of esters is 1. The maximum absolute atomic E-state index is 13.0. The van der Waals surface area contributed by atoms with Crippen LogP contribution in [0.2, 0.25) is 0 Å². The fourth-order valence-corrected chi connectivity index (χ4v) is 3.49. The molecule has 0 fully saturated rings. The van der Waals surface area contributed by atoms with Crippen molar-refractivity contribution in [3.8, 4) is 11.5 Å². The van der Waals surface area contributed by atoms with E-state index in [1.165, 1.54) is 19.5 Å². The minimum absolute atomic E-state index is 0.214. The van der Waals surface area contributed by atoms with Gasteiger partial charge in [0.25, 0.3) is 11.8 Å². The number of methoxy groups -OCH3 is 1. The van der Waals surface area contributed by atoms with Crippen LogP contribution in [0.1, 0.15) is 36.6 Å². The number of nitrogens with zero attached hydrogens (tertiary/aromatic N) is 1. The van der Waals surface area contributed by atoms with Crippen LogP contribution < -0.4 is 20.1 Å². The topological polar surface area (TPSA) is 107 Å². The van der Waals surface area contributed by atoms with Crippen LogP contribution in [0, 0.1) is 6.92 Å². The number of benzene rings is 3. The van der Waals surface area contributed by atoms with Gasteiger partial charge in [-0.15, -0.1) is 0 Å². The molecule has 1 heterocycles. The molecule has 36 heavy (non-hydrogen) atoms. The minimum atomic E-state index is -0.630. The van der Waals surface area contributed by atoms with Gasteiger partial charge >= 0.3 is 5.97 Å². The first-order valence-electron chi connectivity index (χ1n) is 11.0. The number of pyridine rings is 1. The van der Waals surface area contributed by atoms with Crippen LogP contribution in [0.15, 0.2) is 91.3 Å². The molecule has 4 rings (SSSR count). The maximum Gasteiger partial charge on any atom is 0.345 e. The number of aryl methyl sites for hydroxylation is 1. The smallest absolute Gasteiger partial charge is 0.345 e. The van der Waals surface area contributed by atoms with Crippen molar-refractivity contribution in [3.63, 3.8) is 0 Å². The Labute approximate surface area is 207 Å². The molecule has 0 aliphatic rings. The molecule has 0 bridgehead atoms. The lowest BCUT2D eigenvalue weighted by Crippen LogP contribution is -2.18. The summed E-state index contributed by atoms with van der Waals surface area (Å²) >= 11 is 0. The third kappa shape index (κ3) is 5.56. The van der Waals surface area contributed by atoms with Crippen molar-refractivity contribution in [1.29, 1.82) is 0 Å². The van der Waals surface area contributed by atoms with Gasteiger partial charge in [0.2, 0.25) is 0 Å². The molecule has 2 amide bonds. The van der Waals surface area contributed by atoms with E-state index < -0.39 is 5.97 Å². The summed E-state index contributed by atoms with van der Waals surface area (Å²) in [5.41, 5.74) is 2.62. The average Bonchev–Trinajstić information content (AvgIpc) is 2.91. The number of hydrogen-bond acceptors (Lipinski definition) is 6. The summed E-state index contributed by atoms with van der Waals surface area (Å²) in [7, 11) is 1.50. The Hall–Kier alpha value is -4.98. The van der Waals surface area contributed by atoms with Gasteiger partial charge in [-0.1, -0.05) is 24.3 Å². The van der Waals surface area contributed by atoms with Crippen LogP contribution >= 0.6 is 0 Å². The number of anilines is 2. The summed E-state index contributed by atoms with van der Waals surface area (Å²) in [4.78, 5) is 42.1. The number of ether oxygens (including phenoxy) is 2. The summed E-state index contributed by atoms with van der Waals surface area (Å²) in [5.74, 6) is -0.578. The lowest BCUT2D eigenvalue weighted by molar-refractivity contribution is 0.0735. The van der Waals surface area contributed by atoms with E-state index in [0.717, 1.165) is 0 Å². The van der Waals surface area contributed by atoms with E-state index in [1.54, 1.807) is 85.8 Å². The highest BCUT2D eigenvalue weighted by Crippen LogP contribution is 2.25. The lowest BCUT2D eigenvalue weighted by atomic mass is 10.1. The van der Waals surface area contributed by atoms with Crippen molar-refractivity contribution in [3.05, 3.63) is 114 Å². The van der Waals surface area contributed by atoms with Crippen LogP contribution in [-0.2, 0) is 0 Å². The Morgan fingerprint density at radius 3 is 2.17 bits per heavy atom. The number of nitrogens with one attached hydrogen (secondary N) is 2. The molecule has 8 heteroatoms. The zero-order chi connectivity index (χ0) is 25.5. The van der Waals surface area contributed by atoms with E-state index >= 15 is 0 Å². The van der Waals surface area contributed by atoms with Gasteiger partial charge in [0, 0.05) is 23.6 Å². The van der Waals surface area contributed by atoms with Gasteiger partial charge < -0.3 is 20.1 Å². The number of amides is 2. The number of carbonyl (C=O) groups excluding carboxylic acids is 3. The summed E-state index contributed by atoms with van der Waals surface area (Å²) in [6, 6.07) is 21.5. The van der Waals surface area contributed by atoms with E-state index in [1.807, 2.05) is 0 Å². The number of hydrogen-bond donors (Lipinski definition) is 2. The molecule has 3 aromatic carbocycles. The molecular formula is C28H23N3O5. The van der Waals surface area contributed by atoms with Gasteiger partial charge in [0.1, 0.15) is 11.5 Å². The predicted octanol–water partition coefficient (Wildman–Crippen LogP) is 5.12. The van der Waals surface area contributed by atoms with E-state index in [9.17, 15) is 14.4 Å². The summed E-state index contributed by atoms with van der Waals surface area (Å²) < 4.78 is 10.8. The molecule has 0 aliphatic heterocycles. The molecule has 180 valence electrons. The van der Waals surface area contributed by atoms with Crippen molar-refractivity contribution in [2.24, 2.45) is 0 Å². The zero-order valence-corrected chi connectivity index (χ0v) is 19.6. The first-order chi connectivity index (χ1) is 17.5. The van der Waals surface area contributed by atoms with Gasteiger partial charge in [-0.3, -0.25) is 14.6 Å². The zero-order valence-electron chi connectivity index (χ0n) is 19.6. The summed E-state index contributed by atoms with van der Waals surface area (Å²) in [6.45, 7) is 1.79. The van der Waals surface area contributed by atoms with Crippen molar-refractivity contribution >= 4 is 29.2 Å². The van der Waals surface area contributed by atoms with E-state index in [-0.39, 0.29) is 23.1 Å².